The maximum Gasteiger partial charge on any atom is 0.142 e. The predicted molar refractivity (Wildman–Crippen MR) is 47.8 cm³/mol. The molecule has 5 heteroatoms. The molecule has 0 aliphatic heterocycles. The van der Waals surface area contributed by atoms with Crippen molar-refractivity contribution in [2.24, 2.45) is 0 Å². The van der Waals surface area contributed by atoms with Crippen LogP contribution in [0.15, 0.2) is 42.6 Å². The molecule has 0 aliphatic carbocycles. The van der Waals surface area contributed by atoms with E-state index in [1.807, 2.05) is 30.3 Å². The molecule has 1 aromatic carbocycles. The second kappa shape index (κ2) is 7.82. The van der Waals surface area contributed by atoms with Crippen molar-refractivity contribution in [3.63, 3.8) is 0 Å². The van der Waals surface area contributed by atoms with Crippen LogP contribution in [0.3, 0.4) is 0 Å². The van der Waals surface area contributed by atoms with Crippen molar-refractivity contribution in [2.75, 3.05) is 0 Å². The third kappa shape index (κ3) is 4.75. The van der Waals surface area contributed by atoms with Gasteiger partial charge in [0.2, 0.25) is 0 Å². The first-order valence-corrected chi connectivity index (χ1v) is 4.04. The minimum atomic E-state index is 0. The Bertz CT molecular complexity index is 353. The molecule has 0 atom stereocenters. The summed E-state index contributed by atoms with van der Waals surface area (Å²) in [5, 5.41) is 3.87. The first kappa shape index (κ1) is 14.6. The molecular formula is C10H9IN2OZn-. The van der Waals surface area contributed by atoms with E-state index in [9.17, 15) is 0 Å². The van der Waals surface area contributed by atoms with Gasteiger partial charge >= 0.3 is 0 Å². The molecule has 1 radical (unpaired) electrons. The topological polar surface area (TPSA) is 27.1 Å². The second-order valence-corrected chi connectivity index (χ2v) is 2.59. The van der Waals surface area contributed by atoms with E-state index in [1.54, 1.807) is 12.3 Å². The quantitative estimate of drug-likeness (QED) is 0.480. The van der Waals surface area contributed by atoms with Crippen molar-refractivity contribution in [3.05, 3.63) is 54.4 Å². The maximum atomic E-state index is 5.28. The van der Waals surface area contributed by atoms with Gasteiger partial charge in [-0.2, -0.15) is 0 Å². The van der Waals surface area contributed by atoms with Crippen LogP contribution in [0.2, 0.25) is 0 Å². The van der Waals surface area contributed by atoms with Gasteiger partial charge in [-0.1, -0.05) is 35.2 Å². The van der Waals surface area contributed by atoms with E-state index in [1.165, 1.54) is 4.85 Å². The Morgan fingerprint density at radius 2 is 2.00 bits per heavy atom. The van der Waals surface area contributed by atoms with Crippen LogP contribution in [0, 0.1) is 6.20 Å². The van der Waals surface area contributed by atoms with Gasteiger partial charge in [-0.3, -0.25) is 0 Å². The Balaban J connectivity index is 0.000000980. The molecular weight excluding hydrogens is 356 g/mol. The zero-order valence-electron chi connectivity index (χ0n) is 8.14. The summed E-state index contributed by atoms with van der Waals surface area (Å²) in [5.74, 6) is 0. The normalized spacial score (nSPS) is 8.53. The van der Waals surface area contributed by atoms with E-state index in [0.29, 0.717) is 6.61 Å². The fraction of sp³-hybridized carbons (Fsp3) is 0.100. The molecule has 0 saturated carbocycles. The van der Waals surface area contributed by atoms with Gasteiger partial charge in [0.25, 0.3) is 0 Å². The average molecular weight is 365 g/mol. The Morgan fingerprint density at radius 3 is 2.60 bits per heavy atom. The van der Waals surface area contributed by atoms with E-state index in [4.69, 9.17) is 4.84 Å². The van der Waals surface area contributed by atoms with Crippen LogP contribution in [-0.2, 0) is 26.1 Å². The summed E-state index contributed by atoms with van der Waals surface area (Å²) in [6.45, 7) is 0.513. The molecule has 0 unspecified atom stereocenters. The van der Waals surface area contributed by atoms with E-state index in [-0.39, 0.29) is 43.5 Å². The summed E-state index contributed by atoms with van der Waals surface area (Å²) >= 11 is 0. The molecule has 0 bridgehead atoms. The summed E-state index contributed by atoms with van der Waals surface area (Å²) in [6.07, 6.45) is 4.42. The molecule has 2 rings (SSSR count). The molecule has 3 nitrogen and oxygen atoms in total. The molecule has 0 spiro atoms. The molecule has 15 heavy (non-hydrogen) atoms. The van der Waals surface area contributed by atoms with Crippen LogP contribution in [-0.4, -0.2) is 9.94 Å². The van der Waals surface area contributed by atoms with Crippen molar-refractivity contribution in [1.29, 1.82) is 0 Å². The number of rotatable bonds is 3. The number of benzene rings is 1. The van der Waals surface area contributed by atoms with Crippen molar-refractivity contribution in [1.82, 2.24) is 9.94 Å². The standard InChI is InChI=1S/C10H9N2O.HI.Zn/c1-2-5-10(6-3-1)9-13-12-8-4-7-11-12;;/h1-7H,9H2;1H;/p-1. The van der Waals surface area contributed by atoms with Crippen LogP contribution in [0.1, 0.15) is 5.56 Å². The summed E-state index contributed by atoms with van der Waals surface area (Å²) in [4.78, 5) is 6.61. The minimum absolute atomic E-state index is 0. The van der Waals surface area contributed by atoms with Crippen LogP contribution in [0.4, 0.5) is 0 Å². The van der Waals surface area contributed by atoms with Gasteiger partial charge < -0.3 is 28.8 Å². The van der Waals surface area contributed by atoms with Gasteiger partial charge in [0.15, 0.2) is 0 Å². The summed E-state index contributed by atoms with van der Waals surface area (Å²) < 4.78 is 0. The SMILES string of the molecule is [I-].[Zn].[c]1ccnn1OCc1ccccc1. The molecule has 0 aliphatic rings. The number of halogens is 1. The summed E-state index contributed by atoms with van der Waals surface area (Å²) in [7, 11) is 0. The molecule has 0 amide bonds. The number of hydrogen-bond donors (Lipinski definition) is 0. The largest absolute Gasteiger partial charge is 1.00 e. The third-order valence-electron chi connectivity index (χ3n) is 1.63. The van der Waals surface area contributed by atoms with Gasteiger partial charge in [0.1, 0.15) is 12.8 Å². The first-order valence-electron chi connectivity index (χ1n) is 4.04. The Kier molecular flexibility index (Phi) is 7.60. The molecule has 0 N–H and O–H groups in total. The number of nitrogens with zero attached hydrogens (tertiary/aromatic N) is 2. The number of aromatic nitrogens is 2. The van der Waals surface area contributed by atoms with Crippen molar-refractivity contribution in [2.45, 2.75) is 6.61 Å². The Morgan fingerprint density at radius 1 is 1.27 bits per heavy atom. The van der Waals surface area contributed by atoms with Crippen molar-refractivity contribution in [3.8, 4) is 0 Å². The maximum absolute atomic E-state index is 5.28. The molecule has 2 aromatic rings. The molecule has 0 saturated heterocycles. The zero-order chi connectivity index (χ0) is 8.93. The Hall–Kier alpha value is -0.417. The average Bonchev–Trinajstić information content (AvgIpc) is 2.69. The second-order valence-electron chi connectivity index (χ2n) is 2.59. The van der Waals surface area contributed by atoms with Crippen molar-refractivity contribution >= 4 is 0 Å². The number of hydrogen-bond acceptors (Lipinski definition) is 2. The third-order valence-corrected chi connectivity index (χ3v) is 1.63. The van der Waals surface area contributed by atoms with E-state index in [0.717, 1.165) is 5.56 Å². The fourth-order valence-corrected chi connectivity index (χ4v) is 1.00. The fourth-order valence-electron chi connectivity index (χ4n) is 1.00. The van der Waals surface area contributed by atoms with Gasteiger partial charge in [-0.05, 0) is 11.6 Å². The minimum Gasteiger partial charge on any atom is -1.00 e. The summed E-state index contributed by atoms with van der Waals surface area (Å²) in [6, 6.07) is 11.6. The molecule has 1 heterocycles. The van der Waals surface area contributed by atoms with E-state index < -0.39 is 0 Å². The van der Waals surface area contributed by atoms with Gasteiger partial charge in [0.05, 0.1) is 6.20 Å². The van der Waals surface area contributed by atoms with Crippen LogP contribution in [0.25, 0.3) is 0 Å². The van der Waals surface area contributed by atoms with Crippen LogP contribution >= 0.6 is 0 Å². The summed E-state index contributed by atoms with van der Waals surface area (Å²) in [5.41, 5.74) is 1.12. The van der Waals surface area contributed by atoms with Gasteiger partial charge in [-0.25, -0.2) is 0 Å². The smallest absolute Gasteiger partial charge is 0.142 e. The zero-order valence-corrected chi connectivity index (χ0v) is 13.3. The predicted octanol–water partition coefficient (Wildman–Crippen LogP) is -1.69. The van der Waals surface area contributed by atoms with E-state index in [2.05, 4.69) is 11.3 Å². The molecule has 75 valence electrons. The van der Waals surface area contributed by atoms with E-state index >= 15 is 0 Å². The first-order chi connectivity index (χ1) is 6.45. The van der Waals surface area contributed by atoms with Crippen molar-refractivity contribution < 1.29 is 48.3 Å². The van der Waals surface area contributed by atoms with Gasteiger partial charge in [-0.15, -0.1) is 5.10 Å². The monoisotopic (exact) mass is 364 g/mol. The van der Waals surface area contributed by atoms with Gasteiger partial charge in [0, 0.05) is 19.5 Å². The van der Waals surface area contributed by atoms with Crippen LogP contribution in [0.5, 0.6) is 0 Å². The Labute approximate surface area is 119 Å². The molecule has 0 fully saturated rings. The van der Waals surface area contributed by atoms with Crippen LogP contribution < -0.4 is 28.8 Å². The molecule has 1 aromatic heterocycles.